The van der Waals surface area contributed by atoms with E-state index in [1.54, 1.807) is 0 Å². The first-order valence-electron chi connectivity index (χ1n) is 3.79. The van der Waals surface area contributed by atoms with E-state index in [0.29, 0.717) is 6.07 Å². The van der Waals surface area contributed by atoms with Crippen LogP contribution in [-0.2, 0) is 4.74 Å². The van der Waals surface area contributed by atoms with Crippen molar-refractivity contribution in [2.45, 2.75) is 6.43 Å². The zero-order chi connectivity index (χ0) is 11.6. The van der Waals surface area contributed by atoms with E-state index in [9.17, 15) is 18.0 Å². The number of carbonyl (C=O) groups excluding carboxylic acids is 1. The number of hydrogen-bond acceptors (Lipinski definition) is 4. The molecule has 0 aliphatic heterocycles. The maximum Gasteiger partial charge on any atom is 0.359 e. The summed E-state index contributed by atoms with van der Waals surface area (Å²) in [7, 11) is 0.988. The summed E-state index contributed by atoms with van der Waals surface area (Å²) in [5.74, 6) is -2.22. The highest BCUT2D eigenvalue weighted by molar-refractivity contribution is 5.87. The number of nitrogen functional groups attached to an aromatic ring is 1. The zero-order valence-corrected chi connectivity index (χ0v) is 7.63. The Balaban J connectivity index is 3.29. The second kappa shape index (κ2) is 4.16. The number of anilines is 1. The molecule has 1 rings (SSSR count). The predicted octanol–water partition coefficient (Wildman–Crippen LogP) is 1.53. The fourth-order valence-electron chi connectivity index (χ4n) is 0.932. The van der Waals surface area contributed by atoms with Crippen LogP contribution in [0, 0.1) is 5.82 Å². The first kappa shape index (κ1) is 11.3. The van der Waals surface area contributed by atoms with Crippen molar-refractivity contribution >= 4 is 11.7 Å². The quantitative estimate of drug-likeness (QED) is 0.767. The summed E-state index contributed by atoms with van der Waals surface area (Å²) in [6.07, 6.45) is -2.98. The summed E-state index contributed by atoms with van der Waals surface area (Å²) in [6, 6.07) is 0.612. The lowest BCUT2D eigenvalue weighted by molar-refractivity contribution is 0.0586. The number of esters is 1. The van der Waals surface area contributed by atoms with Crippen molar-refractivity contribution < 1.29 is 22.7 Å². The predicted molar refractivity (Wildman–Crippen MR) is 44.9 cm³/mol. The van der Waals surface area contributed by atoms with E-state index < -0.39 is 35.3 Å². The molecule has 0 atom stereocenters. The molecule has 2 N–H and O–H groups in total. The van der Waals surface area contributed by atoms with Gasteiger partial charge >= 0.3 is 5.97 Å². The van der Waals surface area contributed by atoms with Crippen LogP contribution in [0.2, 0.25) is 0 Å². The summed E-state index contributed by atoms with van der Waals surface area (Å²) in [6.45, 7) is 0. The lowest BCUT2D eigenvalue weighted by Gasteiger charge is -2.06. The molecule has 0 aromatic carbocycles. The first-order chi connectivity index (χ1) is 6.97. The number of carbonyl (C=O) groups is 1. The van der Waals surface area contributed by atoms with Crippen molar-refractivity contribution in [3.05, 3.63) is 23.3 Å². The van der Waals surface area contributed by atoms with Crippen molar-refractivity contribution in [1.29, 1.82) is 0 Å². The number of nitrogens with zero attached hydrogens (tertiary/aromatic N) is 1. The van der Waals surface area contributed by atoms with Crippen LogP contribution in [-0.4, -0.2) is 18.1 Å². The van der Waals surface area contributed by atoms with Gasteiger partial charge in [0.25, 0.3) is 6.43 Å². The van der Waals surface area contributed by atoms with Crippen LogP contribution in [0.3, 0.4) is 0 Å². The SMILES string of the molecule is COC(=O)c1nc(C(F)F)c(N)cc1F. The van der Waals surface area contributed by atoms with Crippen LogP contribution >= 0.6 is 0 Å². The number of aromatic nitrogens is 1. The van der Waals surface area contributed by atoms with E-state index in [1.165, 1.54) is 0 Å². The Hall–Kier alpha value is -1.79. The topological polar surface area (TPSA) is 65.2 Å². The molecule has 4 nitrogen and oxygen atoms in total. The Morgan fingerprint density at radius 3 is 2.67 bits per heavy atom. The molecule has 0 aliphatic carbocycles. The van der Waals surface area contributed by atoms with E-state index in [1.807, 2.05) is 0 Å². The van der Waals surface area contributed by atoms with Gasteiger partial charge in [-0.3, -0.25) is 0 Å². The van der Waals surface area contributed by atoms with Crippen LogP contribution < -0.4 is 5.73 Å². The van der Waals surface area contributed by atoms with Crippen LogP contribution in [0.15, 0.2) is 6.07 Å². The van der Waals surface area contributed by atoms with Gasteiger partial charge in [-0.1, -0.05) is 0 Å². The number of ether oxygens (including phenoxy) is 1. The van der Waals surface area contributed by atoms with Gasteiger partial charge in [0.2, 0.25) is 0 Å². The summed E-state index contributed by atoms with van der Waals surface area (Å²) < 4.78 is 41.8. The highest BCUT2D eigenvalue weighted by Crippen LogP contribution is 2.24. The average Bonchev–Trinajstić information content (AvgIpc) is 2.16. The number of halogens is 3. The monoisotopic (exact) mass is 220 g/mol. The van der Waals surface area contributed by atoms with Gasteiger partial charge in [-0.2, -0.15) is 0 Å². The van der Waals surface area contributed by atoms with Crippen molar-refractivity contribution in [1.82, 2.24) is 4.98 Å². The number of hydrogen-bond donors (Lipinski definition) is 1. The van der Waals surface area contributed by atoms with Gasteiger partial charge in [0.1, 0.15) is 5.69 Å². The van der Waals surface area contributed by atoms with Crippen molar-refractivity contribution in [3.63, 3.8) is 0 Å². The zero-order valence-electron chi connectivity index (χ0n) is 7.63. The summed E-state index contributed by atoms with van der Waals surface area (Å²) in [4.78, 5) is 14.0. The second-order valence-electron chi connectivity index (χ2n) is 2.59. The smallest absolute Gasteiger partial charge is 0.359 e. The second-order valence-corrected chi connectivity index (χ2v) is 2.59. The molecule has 1 aromatic heterocycles. The molecule has 0 saturated carbocycles. The lowest BCUT2D eigenvalue weighted by atomic mass is 10.2. The number of methoxy groups -OCH3 is 1. The van der Waals surface area contributed by atoms with E-state index in [4.69, 9.17) is 5.73 Å². The van der Waals surface area contributed by atoms with Crippen molar-refractivity contribution in [2.24, 2.45) is 0 Å². The van der Waals surface area contributed by atoms with Crippen molar-refractivity contribution in [3.8, 4) is 0 Å². The van der Waals surface area contributed by atoms with Gasteiger partial charge in [-0.15, -0.1) is 0 Å². The largest absolute Gasteiger partial charge is 0.464 e. The minimum Gasteiger partial charge on any atom is -0.464 e. The van der Waals surface area contributed by atoms with Crippen LogP contribution in [0.5, 0.6) is 0 Å². The third-order valence-corrected chi connectivity index (χ3v) is 1.62. The minimum atomic E-state index is -2.98. The molecular weight excluding hydrogens is 213 g/mol. The van der Waals surface area contributed by atoms with Crippen LogP contribution in [0.4, 0.5) is 18.9 Å². The Bertz CT molecular complexity index is 396. The van der Waals surface area contributed by atoms with Gasteiger partial charge in [-0.25, -0.2) is 22.9 Å². The van der Waals surface area contributed by atoms with E-state index in [-0.39, 0.29) is 0 Å². The summed E-state index contributed by atoms with van der Waals surface area (Å²) in [5.41, 5.74) is 2.95. The summed E-state index contributed by atoms with van der Waals surface area (Å²) >= 11 is 0. The number of alkyl halides is 2. The fourth-order valence-corrected chi connectivity index (χ4v) is 0.932. The highest BCUT2D eigenvalue weighted by Gasteiger charge is 2.21. The molecule has 0 bridgehead atoms. The molecular formula is C8H7F3N2O2. The molecule has 82 valence electrons. The van der Waals surface area contributed by atoms with E-state index >= 15 is 0 Å². The maximum absolute atomic E-state index is 13.0. The molecule has 0 amide bonds. The molecule has 1 heterocycles. The molecule has 0 spiro atoms. The molecule has 0 aliphatic rings. The molecule has 0 fully saturated rings. The maximum atomic E-state index is 13.0. The summed E-state index contributed by atoms with van der Waals surface area (Å²) in [5, 5.41) is 0. The van der Waals surface area contributed by atoms with Crippen molar-refractivity contribution in [2.75, 3.05) is 12.8 Å². The first-order valence-corrected chi connectivity index (χ1v) is 3.79. The number of nitrogens with two attached hydrogens (primary N) is 1. The normalized spacial score (nSPS) is 10.5. The molecule has 1 aromatic rings. The Morgan fingerprint density at radius 2 is 2.20 bits per heavy atom. The van der Waals surface area contributed by atoms with Crippen LogP contribution in [0.1, 0.15) is 22.6 Å². The van der Waals surface area contributed by atoms with Gasteiger partial charge in [-0.05, 0) is 0 Å². The highest BCUT2D eigenvalue weighted by atomic mass is 19.3. The third kappa shape index (κ3) is 2.17. The standard InChI is InChI=1S/C8H7F3N2O2/c1-15-8(14)5-3(9)2-4(12)6(13-5)7(10)11/h2,7H,12H2,1H3. The Kier molecular flexibility index (Phi) is 3.13. The average molecular weight is 220 g/mol. The van der Waals surface area contributed by atoms with Gasteiger partial charge < -0.3 is 10.5 Å². The third-order valence-electron chi connectivity index (χ3n) is 1.62. The number of rotatable bonds is 2. The van der Waals surface area contributed by atoms with Gasteiger partial charge in [0.05, 0.1) is 12.8 Å². The number of pyridine rings is 1. The van der Waals surface area contributed by atoms with Gasteiger partial charge in [0.15, 0.2) is 11.5 Å². The molecule has 7 heteroatoms. The Labute approximate surface area is 82.9 Å². The van der Waals surface area contributed by atoms with E-state index in [2.05, 4.69) is 9.72 Å². The van der Waals surface area contributed by atoms with E-state index in [0.717, 1.165) is 7.11 Å². The lowest BCUT2D eigenvalue weighted by Crippen LogP contribution is -2.11. The molecule has 0 unspecified atom stereocenters. The van der Waals surface area contributed by atoms with Crippen LogP contribution in [0.25, 0.3) is 0 Å². The molecule has 15 heavy (non-hydrogen) atoms. The minimum absolute atomic E-state index is 0.504. The molecule has 0 saturated heterocycles. The van der Waals surface area contributed by atoms with Gasteiger partial charge in [0, 0.05) is 6.07 Å². The fraction of sp³-hybridized carbons (Fsp3) is 0.250. The Morgan fingerprint density at radius 1 is 1.60 bits per heavy atom. The molecule has 0 radical (unpaired) electrons.